The Morgan fingerprint density at radius 1 is 1.35 bits per heavy atom. The molecule has 0 spiro atoms. The molecule has 88 valence electrons. The molecule has 0 bridgehead atoms. The van der Waals surface area contributed by atoms with Crippen molar-refractivity contribution in [3.8, 4) is 0 Å². The highest BCUT2D eigenvalue weighted by atomic mass is 79.9. The van der Waals surface area contributed by atoms with Crippen LogP contribution >= 0.6 is 27.5 Å². The molecule has 0 atom stereocenters. The number of hydrogen-bond donors (Lipinski definition) is 1. The van der Waals surface area contributed by atoms with Crippen LogP contribution in [0.5, 0.6) is 0 Å². The molecule has 1 aliphatic heterocycles. The Morgan fingerprint density at radius 3 is 3.00 bits per heavy atom. The van der Waals surface area contributed by atoms with Gasteiger partial charge in [0.05, 0.1) is 5.52 Å². The molecule has 2 heterocycles. The van der Waals surface area contributed by atoms with Gasteiger partial charge in [-0.2, -0.15) is 0 Å². The van der Waals surface area contributed by atoms with Crippen molar-refractivity contribution >= 4 is 44.3 Å². The molecule has 0 radical (unpaired) electrons. The molecule has 0 saturated carbocycles. The van der Waals surface area contributed by atoms with Crippen LogP contribution in [0.25, 0.3) is 10.9 Å². The number of amides is 1. The van der Waals surface area contributed by atoms with Gasteiger partial charge in [-0.3, -0.25) is 4.79 Å². The summed E-state index contributed by atoms with van der Waals surface area (Å²) in [4.78, 5) is 11.9. The van der Waals surface area contributed by atoms with Gasteiger partial charge in [0.15, 0.2) is 0 Å². The number of halogens is 2. The molecule has 5 heteroatoms. The van der Waals surface area contributed by atoms with Crippen LogP contribution in [0.4, 0.5) is 0 Å². The first-order chi connectivity index (χ1) is 8.16. The van der Waals surface area contributed by atoms with Crippen molar-refractivity contribution in [3.63, 3.8) is 0 Å². The topological polar surface area (TPSA) is 34.0 Å². The maximum Gasteiger partial charge on any atom is 0.267 e. The fourth-order valence-corrected chi connectivity index (χ4v) is 3.32. The molecule has 0 saturated heterocycles. The molecule has 0 fully saturated rings. The quantitative estimate of drug-likeness (QED) is 0.796. The minimum atomic E-state index is -0.0123. The lowest BCUT2D eigenvalue weighted by atomic mass is 10.2. The maximum atomic E-state index is 11.9. The van der Waals surface area contributed by atoms with Crippen molar-refractivity contribution in [3.05, 3.63) is 33.4 Å². The average molecular weight is 314 g/mol. The van der Waals surface area contributed by atoms with Gasteiger partial charge in [-0.05, 0) is 40.5 Å². The Kier molecular flexibility index (Phi) is 2.64. The number of carbonyl (C=O) groups is 1. The zero-order valence-electron chi connectivity index (χ0n) is 8.96. The molecule has 0 unspecified atom stereocenters. The van der Waals surface area contributed by atoms with Gasteiger partial charge in [0, 0.05) is 28.0 Å². The predicted molar refractivity (Wildman–Crippen MR) is 71.6 cm³/mol. The lowest BCUT2D eigenvalue weighted by molar-refractivity contribution is 0.0951. The molecular weight excluding hydrogens is 304 g/mol. The van der Waals surface area contributed by atoms with Gasteiger partial charge in [-0.15, -0.1) is 0 Å². The van der Waals surface area contributed by atoms with E-state index in [0.717, 1.165) is 34.9 Å². The van der Waals surface area contributed by atoms with E-state index in [0.29, 0.717) is 10.7 Å². The summed E-state index contributed by atoms with van der Waals surface area (Å²) >= 11 is 9.53. The van der Waals surface area contributed by atoms with Crippen molar-refractivity contribution in [2.75, 3.05) is 6.54 Å². The van der Waals surface area contributed by atoms with Crippen LogP contribution < -0.4 is 5.32 Å². The molecular formula is C12H10BrClN2O. The second-order valence-corrected chi connectivity index (χ2v) is 5.41. The molecule has 0 aliphatic carbocycles. The number of carbonyl (C=O) groups excluding carboxylic acids is 1. The summed E-state index contributed by atoms with van der Waals surface area (Å²) in [5.41, 5.74) is 1.75. The Hall–Kier alpha value is -1.000. The Balaban J connectivity index is 2.35. The van der Waals surface area contributed by atoms with Crippen LogP contribution in [0, 0.1) is 0 Å². The zero-order chi connectivity index (χ0) is 12.0. The van der Waals surface area contributed by atoms with E-state index in [2.05, 4.69) is 25.8 Å². The Bertz CT molecular complexity index is 620. The molecule has 3 rings (SSSR count). The number of aromatic nitrogens is 1. The van der Waals surface area contributed by atoms with Gasteiger partial charge >= 0.3 is 0 Å². The van der Waals surface area contributed by atoms with E-state index in [4.69, 9.17) is 11.6 Å². The minimum Gasteiger partial charge on any atom is -0.351 e. The number of rotatable bonds is 0. The summed E-state index contributed by atoms with van der Waals surface area (Å²) in [6.07, 6.45) is 0.942. The van der Waals surface area contributed by atoms with E-state index in [1.807, 2.05) is 18.2 Å². The first-order valence-electron chi connectivity index (χ1n) is 5.43. The number of hydrogen-bond acceptors (Lipinski definition) is 1. The fourth-order valence-electron chi connectivity index (χ4n) is 2.28. The van der Waals surface area contributed by atoms with E-state index in [9.17, 15) is 4.79 Å². The van der Waals surface area contributed by atoms with E-state index in [1.54, 1.807) is 0 Å². The van der Waals surface area contributed by atoms with Crippen LogP contribution in [0.15, 0.2) is 22.7 Å². The number of aryl methyl sites for hydroxylation is 1. The molecule has 1 aromatic carbocycles. The van der Waals surface area contributed by atoms with E-state index < -0.39 is 0 Å². The first kappa shape index (κ1) is 11.1. The van der Waals surface area contributed by atoms with Gasteiger partial charge < -0.3 is 9.88 Å². The summed E-state index contributed by atoms with van der Waals surface area (Å²) in [5, 5.41) is 4.56. The van der Waals surface area contributed by atoms with Crippen LogP contribution in [0.1, 0.15) is 16.9 Å². The van der Waals surface area contributed by atoms with Crippen LogP contribution in [-0.4, -0.2) is 17.0 Å². The Labute approximate surface area is 112 Å². The predicted octanol–water partition coefficient (Wildman–Crippen LogP) is 3.19. The van der Waals surface area contributed by atoms with Crippen LogP contribution in [-0.2, 0) is 6.54 Å². The SMILES string of the molecule is O=C1NCCCn2c1cc1cc(Cl)cc(Br)c12. The van der Waals surface area contributed by atoms with Gasteiger partial charge in [0.25, 0.3) is 5.91 Å². The van der Waals surface area contributed by atoms with Crippen molar-refractivity contribution in [1.82, 2.24) is 9.88 Å². The lowest BCUT2D eigenvalue weighted by Crippen LogP contribution is -2.22. The highest BCUT2D eigenvalue weighted by Crippen LogP contribution is 2.31. The third-order valence-corrected chi connectivity index (χ3v) is 3.81. The molecule has 1 aliphatic rings. The highest BCUT2D eigenvalue weighted by Gasteiger charge is 2.19. The summed E-state index contributed by atoms with van der Waals surface area (Å²) in [6.45, 7) is 1.57. The Morgan fingerprint density at radius 2 is 2.18 bits per heavy atom. The van der Waals surface area contributed by atoms with Gasteiger partial charge in [0.1, 0.15) is 5.69 Å². The molecule has 1 N–H and O–H groups in total. The van der Waals surface area contributed by atoms with E-state index in [-0.39, 0.29) is 5.91 Å². The van der Waals surface area contributed by atoms with E-state index >= 15 is 0 Å². The monoisotopic (exact) mass is 312 g/mol. The second-order valence-electron chi connectivity index (χ2n) is 4.12. The molecule has 3 nitrogen and oxygen atoms in total. The average Bonchev–Trinajstić information content (AvgIpc) is 2.54. The maximum absolute atomic E-state index is 11.9. The number of fused-ring (bicyclic) bond motifs is 3. The van der Waals surface area contributed by atoms with Crippen molar-refractivity contribution < 1.29 is 4.79 Å². The third kappa shape index (κ3) is 1.76. The highest BCUT2D eigenvalue weighted by molar-refractivity contribution is 9.10. The number of nitrogens with zero attached hydrogens (tertiary/aromatic N) is 1. The molecule has 1 aromatic heterocycles. The summed E-state index contributed by atoms with van der Waals surface area (Å²) in [6, 6.07) is 5.64. The molecule has 17 heavy (non-hydrogen) atoms. The van der Waals surface area contributed by atoms with E-state index in [1.165, 1.54) is 0 Å². The first-order valence-corrected chi connectivity index (χ1v) is 6.60. The largest absolute Gasteiger partial charge is 0.351 e. The van der Waals surface area contributed by atoms with Crippen molar-refractivity contribution in [1.29, 1.82) is 0 Å². The van der Waals surface area contributed by atoms with Crippen LogP contribution in [0.3, 0.4) is 0 Å². The van der Waals surface area contributed by atoms with Gasteiger partial charge in [-0.25, -0.2) is 0 Å². The second kappa shape index (κ2) is 4.03. The molecule has 2 aromatic rings. The summed E-state index contributed by atoms with van der Waals surface area (Å²) in [7, 11) is 0. The lowest BCUT2D eigenvalue weighted by Gasteiger charge is -2.06. The summed E-state index contributed by atoms with van der Waals surface area (Å²) < 4.78 is 2.99. The van der Waals surface area contributed by atoms with Crippen molar-refractivity contribution in [2.45, 2.75) is 13.0 Å². The van der Waals surface area contributed by atoms with Gasteiger partial charge in [-0.1, -0.05) is 11.6 Å². The summed E-state index contributed by atoms with van der Waals surface area (Å²) in [5.74, 6) is -0.0123. The normalized spacial score (nSPS) is 15.5. The van der Waals surface area contributed by atoms with Gasteiger partial charge in [0.2, 0.25) is 0 Å². The number of benzene rings is 1. The smallest absolute Gasteiger partial charge is 0.267 e. The number of nitrogens with one attached hydrogen (secondary N) is 1. The third-order valence-electron chi connectivity index (χ3n) is 2.99. The fraction of sp³-hybridized carbons (Fsp3) is 0.250. The minimum absolute atomic E-state index is 0.0123. The van der Waals surface area contributed by atoms with Crippen LogP contribution in [0.2, 0.25) is 5.02 Å². The molecule has 1 amide bonds. The standard InChI is InChI=1S/C12H10BrClN2O/c13-9-6-8(14)4-7-5-10-12(17)15-2-1-3-16(10)11(7)9/h4-6H,1-3H2,(H,15,17). The van der Waals surface area contributed by atoms with Crippen molar-refractivity contribution in [2.24, 2.45) is 0 Å². The zero-order valence-corrected chi connectivity index (χ0v) is 11.3.